The number of allylic oxidation sites excluding steroid dienone is 2. The number of hydrogen-bond acceptors (Lipinski definition) is 2. The van der Waals surface area contributed by atoms with E-state index in [9.17, 15) is 4.39 Å². The lowest BCUT2D eigenvalue weighted by atomic mass is 9.81. The Kier molecular flexibility index (Phi) is 5.89. The van der Waals surface area contributed by atoms with Gasteiger partial charge >= 0.3 is 0 Å². The van der Waals surface area contributed by atoms with Crippen molar-refractivity contribution < 1.29 is 9.13 Å². The van der Waals surface area contributed by atoms with E-state index in [2.05, 4.69) is 43.3 Å². The molecule has 0 saturated heterocycles. The van der Waals surface area contributed by atoms with Crippen LogP contribution in [0, 0.1) is 11.7 Å². The second kappa shape index (κ2) is 8.33. The molecule has 0 N–H and O–H groups in total. The van der Waals surface area contributed by atoms with Crippen LogP contribution in [0.4, 0.5) is 4.39 Å². The number of methoxy groups -OCH3 is 1. The summed E-state index contributed by atoms with van der Waals surface area (Å²) in [7, 11) is 5.94. The summed E-state index contributed by atoms with van der Waals surface area (Å²) in [5, 5.41) is 0. The number of halogens is 1. The fourth-order valence-corrected chi connectivity index (χ4v) is 3.53. The highest BCUT2D eigenvalue weighted by Gasteiger charge is 2.22. The Labute approximate surface area is 155 Å². The summed E-state index contributed by atoms with van der Waals surface area (Å²) in [4.78, 5) is 2.24. The van der Waals surface area contributed by atoms with Crippen molar-refractivity contribution in [3.8, 4) is 5.75 Å². The fraction of sp³-hybridized carbons (Fsp3) is 0.304. The molecule has 0 aliphatic heterocycles. The van der Waals surface area contributed by atoms with Crippen LogP contribution in [0.5, 0.6) is 5.75 Å². The zero-order chi connectivity index (χ0) is 18.5. The van der Waals surface area contributed by atoms with Crippen molar-refractivity contribution in [1.29, 1.82) is 0 Å². The molecule has 0 bridgehead atoms. The second-order valence-electron chi connectivity index (χ2n) is 7.10. The van der Waals surface area contributed by atoms with Gasteiger partial charge in [0.15, 0.2) is 0 Å². The monoisotopic (exact) mass is 351 g/mol. The van der Waals surface area contributed by atoms with Gasteiger partial charge in [0.25, 0.3) is 0 Å². The third kappa shape index (κ3) is 4.61. The van der Waals surface area contributed by atoms with Gasteiger partial charge < -0.3 is 9.64 Å². The summed E-state index contributed by atoms with van der Waals surface area (Å²) in [6.07, 6.45) is 6.60. The van der Waals surface area contributed by atoms with E-state index in [-0.39, 0.29) is 5.82 Å². The number of benzene rings is 2. The minimum atomic E-state index is -0.200. The highest BCUT2D eigenvalue weighted by Crippen LogP contribution is 2.37. The van der Waals surface area contributed by atoms with Gasteiger partial charge in [0.2, 0.25) is 0 Å². The summed E-state index contributed by atoms with van der Waals surface area (Å²) >= 11 is 0. The Hall–Kier alpha value is -2.39. The molecule has 0 aromatic heterocycles. The zero-order valence-corrected chi connectivity index (χ0v) is 15.7. The first-order valence-electron chi connectivity index (χ1n) is 9.02. The van der Waals surface area contributed by atoms with Gasteiger partial charge in [-0.1, -0.05) is 36.4 Å². The van der Waals surface area contributed by atoms with E-state index in [1.54, 1.807) is 7.11 Å². The Bertz CT molecular complexity index is 805. The van der Waals surface area contributed by atoms with Crippen molar-refractivity contribution in [1.82, 2.24) is 4.90 Å². The molecule has 0 spiro atoms. The Balaban J connectivity index is 1.97. The van der Waals surface area contributed by atoms with Crippen LogP contribution < -0.4 is 4.74 Å². The van der Waals surface area contributed by atoms with Gasteiger partial charge in [0, 0.05) is 6.54 Å². The van der Waals surface area contributed by atoms with Crippen LogP contribution >= 0.6 is 0 Å². The van der Waals surface area contributed by atoms with E-state index in [4.69, 9.17) is 4.74 Å². The lowest BCUT2D eigenvalue weighted by Gasteiger charge is -2.28. The van der Waals surface area contributed by atoms with Crippen LogP contribution in [0.15, 0.2) is 60.2 Å². The normalized spacial score (nSPS) is 18.9. The van der Waals surface area contributed by atoms with Crippen molar-refractivity contribution in [3.63, 3.8) is 0 Å². The van der Waals surface area contributed by atoms with Crippen molar-refractivity contribution in [3.05, 3.63) is 77.1 Å². The zero-order valence-electron chi connectivity index (χ0n) is 15.7. The average molecular weight is 351 g/mol. The van der Waals surface area contributed by atoms with Crippen molar-refractivity contribution in [2.24, 2.45) is 5.92 Å². The molecular weight excluding hydrogens is 325 g/mol. The molecular formula is C23H26FNO. The molecule has 26 heavy (non-hydrogen) atoms. The second-order valence-corrected chi connectivity index (χ2v) is 7.10. The van der Waals surface area contributed by atoms with Gasteiger partial charge in [0.1, 0.15) is 11.6 Å². The quantitative estimate of drug-likeness (QED) is 0.727. The molecule has 0 fully saturated rings. The van der Waals surface area contributed by atoms with Crippen LogP contribution in [0.3, 0.4) is 0 Å². The minimum Gasteiger partial charge on any atom is -0.497 e. The Morgan fingerprint density at radius 3 is 2.62 bits per heavy atom. The van der Waals surface area contributed by atoms with Gasteiger partial charge in [0.05, 0.1) is 7.11 Å². The first-order valence-corrected chi connectivity index (χ1v) is 9.02. The molecule has 1 aliphatic carbocycles. The topological polar surface area (TPSA) is 12.5 Å². The van der Waals surface area contributed by atoms with E-state index in [0.29, 0.717) is 5.92 Å². The Morgan fingerprint density at radius 1 is 1.15 bits per heavy atom. The molecule has 136 valence electrons. The largest absolute Gasteiger partial charge is 0.497 e. The summed E-state index contributed by atoms with van der Waals surface area (Å²) < 4.78 is 18.6. The first kappa shape index (κ1) is 18.4. The predicted octanol–water partition coefficient (Wildman–Crippen LogP) is 5.27. The van der Waals surface area contributed by atoms with Gasteiger partial charge in [-0.2, -0.15) is 0 Å². The maximum Gasteiger partial charge on any atom is 0.123 e. The average Bonchev–Trinajstić information content (AvgIpc) is 2.64. The molecule has 2 aromatic rings. The Morgan fingerprint density at radius 2 is 1.92 bits per heavy atom. The van der Waals surface area contributed by atoms with Crippen LogP contribution in [-0.2, 0) is 0 Å². The molecule has 2 aromatic carbocycles. The molecule has 0 radical (unpaired) electrons. The smallest absolute Gasteiger partial charge is 0.123 e. The molecule has 0 amide bonds. The van der Waals surface area contributed by atoms with Crippen LogP contribution in [-0.4, -0.2) is 32.6 Å². The third-order valence-corrected chi connectivity index (χ3v) is 4.77. The van der Waals surface area contributed by atoms with E-state index < -0.39 is 0 Å². The molecule has 0 heterocycles. The molecule has 1 atom stereocenters. The minimum absolute atomic E-state index is 0.200. The van der Waals surface area contributed by atoms with Gasteiger partial charge in [-0.15, -0.1) is 0 Å². The van der Waals surface area contributed by atoms with E-state index in [0.717, 1.165) is 30.7 Å². The SMILES string of the molecule is COc1cccc(C2=C/C(=C/c3ccc(F)cc3)CCC2CN(C)C)c1. The lowest BCUT2D eigenvalue weighted by Crippen LogP contribution is -2.24. The van der Waals surface area contributed by atoms with Crippen molar-refractivity contribution >= 4 is 11.6 Å². The number of hydrogen-bond donors (Lipinski definition) is 0. The standard InChI is InChI=1S/C23H26FNO/c1-25(2)16-20-10-7-18(13-17-8-11-21(24)12-9-17)14-23(20)19-5-4-6-22(15-19)26-3/h4-6,8-9,11-15,20H,7,10,16H2,1-3H3/b18-13+. The van der Waals surface area contributed by atoms with E-state index in [1.807, 2.05) is 24.3 Å². The van der Waals surface area contributed by atoms with Crippen molar-refractivity contribution in [2.45, 2.75) is 12.8 Å². The van der Waals surface area contributed by atoms with Gasteiger partial charge in [-0.25, -0.2) is 4.39 Å². The molecule has 3 heteroatoms. The van der Waals surface area contributed by atoms with Crippen LogP contribution in [0.1, 0.15) is 24.0 Å². The number of rotatable bonds is 5. The molecule has 2 nitrogen and oxygen atoms in total. The third-order valence-electron chi connectivity index (χ3n) is 4.77. The highest BCUT2D eigenvalue weighted by atomic mass is 19.1. The molecule has 1 aliphatic rings. The van der Waals surface area contributed by atoms with Gasteiger partial charge in [-0.3, -0.25) is 0 Å². The van der Waals surface area contributed by atoms with E-state index >= 15 is 0 Å². The molecule has 0 saturated carbocycles. The summed E-state index contributed by atoms with van der Waals surface area (Å²) in [5.74, 6) is 1.17. The summed E-state index contributed by atoms with van der Waals surface area (Å²) in [5.41, 5.74) is 4.87. The van der Waals surface area contributed by atoms with Crippen molar-refractivity contribution in [2.75, 3.05) is 27.7 Å². The van der Waals surface area contributed by atoms with Gasteiger partial charge in [-0.05, 0) is 79.4 Å². The fourth-order valence-electron chi connectivity index (χ4n) is 3.53. The highest BCUT2D eigenvalue weighted by molar-refractivity contribution is 5.74. The maximum absolute atomic E-state index is 13.1. The summed E-state index contributed by atoms with van der Waals surface area (Å²) in [6.45, 7) is 1.02. The maximum atomic E-state index is 13.1. The van der Waals surface area contributed by atoms with E-state index in [1.165, 1.54) is 28.8 Å². The summed E-state index contributed by atoms with van der Waals surface area (Å²) in [6, 6.07) is 14.9. The number of ether oxygens (including phenoxy) is 1. The first-order chi connectivity index (χ1) is 12.5. The van der Waals surface area contributed by atoms with Crippen LogP contribution in [0.25, 0.3) is 11.6 Å². The molecule has 3 rings (SSSR count). The molecule has 1 unspecified atom stereocenters. The predicted molar refractivity (Wildman–Crippen MR) is 107 cm³/mol. The lowest BCUT2D eigenvalue weighted by molar-refractivity contribution is 0.352. The van der Waals surface area contributed by atoms with Crippen LogP contribution in [0.2, 0.25) is 0 Å². The number of nitrogens with zero attached hydrogens (tertiary/aromatic N) is 1.